The van der Waals surface area contributed by atoms with Crippen molar-refractivity contribution in [3.63, 3.8) is 0 Å². The third kappa shape index (κ3) is 4.48. The molecule has 39 heavy (non-hydrogen) atoms. The molecule has 0 saturated carbocycles. The van der Waals surface area contributed by atoms with Gasteiger partial charge < -0.3 is 23.8 Å². The van der Waals surface area contributed by atoms with Crippen molar-refractivity contribution in [3.05, 3.63) is 72.4 Å². The lowest BCUT2D eigenvalue weighted by atomic mass is 10.0. The maximum Gasteiger partial charge on any atom is 0.417 e. The van der Waals surface area contributed by atoms with E-state index in [4.69, 9.17) is 18.9 Å². The molecule has 1 amide bonds. The first-order valence-corrected chi connectivity index (χ1v) is 13.5. The average molecular weight is 530 g/mol. The predicted octanol–water partition coefficient (Wildman–Crippen LogP) is 3.93. The minimum atomic E-state index is -0.402. The molecule has 3 fully saturated rings. The van der Waals surface area contributed by atoms with Crippen LogP contribution in [0.1, 0.15) is 19.3 Å². The second kappa shape index (κ2) is 9.92. The molecule has 2 aromatic rings. The zero-order valence-corrected chi connectivity index (χ0v) is 21.9. The number of methoxy groups -OCH3 is 1. The van der Waals surface area contributed by atoms with E-state index in [9.17, 15) is 4.79 Å². The molecule has 3 saturated heterocycles. The maximum absolute atomic E-state index is 12.8. The SMILES string of the molecule is COc1ccc2nccc(N3C[C@@H]4CCN(C[C@@H]5CN(C6=COC=C(C7=CC=CCC7)O6)C(=O)O5)[C@@H]4C3)c2n1. The van der Waals surface area contributed by atoms with Gasteiger partial charge in [-0.1, -0.05) is 18.2 Å². The Morgan fingerprint density at radius 2 is 2.10 bits per heavy atom. The zero-order chi connectivity index (χ0) is 26.3. The van der Waals surface area contributed by atoms with E-state index >= 15 is 0 Å². The van der Waals surface area contributed by atoms with Crippen molar-refractivity contribution in [2.45, 2.75) is 31.4 Å². The van der Waals surface area contributed by atoms with Gasteiger partial charge in [0.25, 0.3) is 0 Å². The topological polar surface area (TPSA) is 89.5 Å². The Labute approximate surface area is 226 Å². The number of carbonyl (C=O) groups is 1. The number of hydrogen-bond donors (Lipinski definition) is 0. The first kappa shape index (κ1) is 24.0. The summed E-state index contributed by atoms with van der Waals surface area (Å²) in [4.78, 5) is 28.4. The van der Waals surface area contributed by atoms with Crippen LogP contribution in [0.4, 0.5) is 10.5 Å². The van der Waals surface area contributed by atoms with Crippen LogP contribution in [-0.2, 0) is 14.2 Å². The van der Waals surface area contributed by atoms with Gasteiger partial charge in [-0.05, 0) is 49.4 Å². The number of ether oxygens (including phenoxy) is 4. The number of hydrogen-bond acceptors (Lipinski definition) is 9. The van der Waals surface area contributed by atoms with Crippen molar-refractivity contribution in [1.29, 1.82) is 0 Å². The Kier molecular flexibility index (Phi) is 6.11. The van der Waals surface area contributed by atoms with Crippen LogP contribution in [0.25, 0.3) is 11.0 Å². The summed E-state index contributed by atoms with van der Waals surface area (Å²) in [5.41, 5.74) is 3.86. The van der Waals surface area contributed by atoms with Crippen molar-refractivity contribution in [2.75, 3.05) is 44.7 Å². The fourth-order valence-corrected chi connectivity index (χ4v) is 6.28. The van der Waals surface area contributed by atoms with Gasteiger partial charge in [0, 0.05) is 37.9 Å². The summed E-state index contributed by atoms with van der Waals surface area (Å²) in [6.07, 6.45) is 13.3. The van der Waals surface area contributed by atoms with Gasteiger partial charge in [-0.25, -0.2) is 14.7 Å². The summed E-state index contributed by atoms with van der Waals surface area (Å²) in [6, 6.07) is 6.22. The summed E-state index contributed by atoms with van der Waals surface area (Å²) in [5.74, 6) is 2.14. The van der Waals surface area contributed by atoms with E-state index in [1.165, 1.54) is 11.2 Å². The molecule has 202 valence electrons. The van der Waals surface area contributed by atoms with Crippen LogP contribution < -0.4 is 9.64 Å². The highest BCUT2D eigenvalue weighted by Crippen LogP contribution is 2.37. The summed E-state index contributed by atoms with van der Waals surface area (Å²) >= 11 is 0. The van der Waals surface area contributed by atoms with Gasteiger partial charge in [0.05, 0.1) is 24.9 Å². The van der Waals surface area contributed by atoms with Crippen LogP contribution in [0.5, 0.6) is 5.88 Å². The molecule has 7 rings (SSSR count). The second-order valence-electron chi connectivity index (χ2n) is 10.5. The first-order valence-electron chi connectivity index (χ1n) is 13.5. The van der Waals surface area contributed by atoms with Crippen molar-refractivity contribution in [3.8, 4) is 5.88 Å². The first-order chi connectivity index (χ1) is 19.2. The highest BCUT2D eigenvalue weighted by atomic mass is 16.6. The maximum atomic E-state index is 12.8. The smallest absolute Gasteiger partial charge is 0.417 e. The van der Waals surface area contributed by atoms with Crippen molar-refractivity contribution >= 4 is 22.8 Å². The molecule has 10 heteroatoms. The molecule has 3 atom stereocenters. The number of carbonyl (C=O) groups excluding carboxylic acids is 1. The Balaban J connectivity index is 1.01. The Bertz CT molecular complexity index is 1420. The van der Waals surface area contributed by atoms with E-state index in [-0.39, 0.29) is 6.10 Å². The van der Waals surface area contributed by atoms with E-state index in [1.54, 1.807) is 13.4 Å². The number of pyridine rings is 2. The van der Waals surface area contributed by atoms with Crippen LogP contribution in [0.15, 0.2) is 72.4 Å². The summed E-state index contributed by atoms with van der Waals surface area (Å²) in [5, 5.41) is 0. The lowest BCUT2D eigenvalue weighted by Gasteiger charge is -2.27. The molecule has 0 N–H and O–H groups in total. The number of cyclic esters (lactones) is 1. The number of amides is 1. The van der Waals surface area contributed by atoms with E-state index in [0.717, 1.165) is 61.2 Å². The number of allylic oxidation sites excluding steroid dienone is 4. The Morgan fingerprint density at radius 1 is 1.15 bits per heavy atom. The van der Waals surface area contributed by atoms with Gasteiger partial charge in [-0.2, -0.15) is 0 Å². The molecule has 2 aromatic heterocycles. The van der Waals surface area contributed by atoms with Crippen LogP contribution in [-0.4, -0.2) is 77.8 Å². The Morgan fingerprint density at radius 3 is 2.97 bits per heavy atom. The zero-order valence-electron chi connectivity index (χ0n) is 21.9. The molecule has 0 radical (unpaired) electrons. The minimum absolute atomic E-state index is 0.242. The monoisotopic (exact) mass is 529 g/mol. The molecule has 0 aromatic carbocycles. The summed E-state index contributed by atoms with van der Waals surface area (Å²) < 4.78 is 22.8. The average Bonchev–Trinajstić information content (AvgIpc) is 3.68. The van der Waals surface area contributed by atoms with E-state index in [1.807, 2.05) is 36.5 Å². The molecule has 0 unspecified atom stereocenters. The lowest BCUT2D eigenvalue weighted by molar-refractivity contribution is 0.0998. The van der Waals surface area contributed by atoms with Gasteiger partial charge >= 0.3 is 6.09 Å². The molecular weight excluding hydrogens is 498 g/mol. The predicted molar refractivity (Wildman–Crippen MR) is 144 cm³/mol. The number of aromatic nitrogens is 2. The molecule has 4 aliphatic heterocycles. The van der Waals surface area contributed by atoms with Gasteiger partial charge in [-0.15, -0.1) is 0 Å². The quantitative estimate of drug-likeness (QED) is 0.552. The van der Waals surface area contributed by atoms with Crippen LogP contribution >= 0.6 is 0 Å². The molecular formula is C29H31N5O5. The van der Waals surface area contributed by atoms with Crippen molar-refractivity contribution in [2.24, 2.45) is 5.92 Å². The third-order valence-electron chi connectivity index (χ3n) is 8.22. The van der Waals surface area contributed by atoms with Gasteiger partial charge in [0.1, 0.15) is 17.9 Å². The highest BCUT2D eigenvalue weighted by molar-refractivity contribution is 5.88. The van der Waals surface area contributed by atoms with E-state index in [2.05, 4.69) is 25.8 Å². The molecule has 0 spiro atoms. The van der Waals surface area contributed by atoms with Crippen LogP contribution in [0.3, 0.4) is 0 Å². The largest absolute Gasteiger partial charge is 0.481 e. The standard InChI is InChI=1S/C29H31N5O5/c1-36-26-8-7-22-28(31-26)23(9-11-30-22)33-13-20-10-12-32(24(20)16-33)14-21-15-34(29(35)38-21)27-18-37-17-25(39-27)19-5-3-2-4-6-19/h2-3,5,7-9,11,17-18,20-21,24H,4,6,10,12-16H2,1H3/t20-,21+,24+/m0/s1. The lowest BCUT2D eigenvalue weighted by Crippen LogP contribution is -2.41. The normalized spacial score (nSPS) is 26.5. The Hall–Kier alpha value is -4.05. The molecule has 0 bridgehead atoms. The number of likely N-dealkylation sites (tertiary alicyclic amines) is 1. The van der Waals surface area contributed by atoms with Crippen molar-refractivity contribution in [1.82, 2.24) is 19.8 Å². The number of fused-ring (bicyclic) bond motifs is 2. The third-order valence-corrected chi connectivity index (χ3v) is 8.22. The van der Waals surface area contributed by atoms with Gasteiger partial charge in [0.2, 0.25) is 11.8 Å². The van der Waals surface area contributed by atoms with E-state index < -0.39 is 6.09 Å². The highest BCUT2D eigenvalue weighted by Gasteiger charge is 2.45. The number of nitrogens with zero attached hydrogens (tertiary/aromatic N) is 5. The summed E-state index contributed by atoms with van der Waals surface area (Å²) in [6.45, 7) is 3.97. The van der Waals surface area contributed by atoms with Crippen LogP contribution in [0.2, 0.25) is 0 Å². The van der Waals surface area contributed by atoms with Gasteiger partial charge in [0.15, 0.2) is 12.0 Å². The van der Waals surface area contributed by atoms with Crippen LogP contribution in [0, 0.1) is 5.92 Å². The molecule has 5 aliphatic rings. The fraction of sp³-hybridized carbons (Fsp3) is 0.414. The molecule has 1 aliphatic carbocycles. The molecule has 6 heterocycles. The van der Waals surface area contributed by atoms with E-state index in [0.29, 0.717) is 42.6 Å². The number of rotatable bonds is 6. The van der Waals surface area contributed by atoms with Crippen molar-refractivity contribution < 1.29 is 23.7 Å². The summed E-state index contributed by atoms with van der Waals surface area (Å²) in [7, 11) is 1.63. The molecule has 10 nitrogen and oxygen atoms in total. The fourth-order valence-electron chi connectivity index (χ4n) is 6.28. The van der Waals surface area contributed by atoms with Gasteiger partial charge in [-0.3, -0.25) is 9.88 Å². The minimum Gasteiger partial charge on any atom is -0.481 e. The second-order valence-corrected chi connectivity index (χ2v) is 10.5. The number of anilines is 1.